The molecular weight excluding hydrogens is 282 g/mol. The zero-order valence-electron chi connectivity index (χ0n) is 11.9. The van der Waals surface area contributed by atoms with E-state index in [1.807, 2.05) is 38.1 Å². The molecule has 108 valence electrons. The molecule has 0 heterocycles. The third-order valence-corrected chi connectivity index (χ3v) is 3.35. The Morgan fingerprint density at radius 1 is 1.14 bits per heavy atom. The van der Waals surface area contributed by atoms with Crippen LogP contribution < -0.4 is 10.7 Å². The SMILES string of the molecule is Cc1cccc(NC(=S)N/N=C/c2ccccc2O)c1C. The van der Waals surface area contributed by atoms with Crippen molar-refractivity contribution in [3.05, 3.63) is 59.2 Å². The Hall–Kier alpha value is -2.40. The Bertz CT molecular complexity index is 683. The van der Waals surface area contributed by atoms with Crippen LogP contribution in [-0.4, -0.2) is 16.4 Å². The summed E-state index contributed by atoms with van der Waals surface area (Å²) in [6.07, 6.45) is 1.52. The zero-order valence-corrected chi connectivity index (χ0v) is 12.7. The van der Waals surface area contributed by atoms with Gasteiger partial charge in [0.25, 0.3) is 0 Å². The summed E-state index contributed by atoms with van der Waals surface area (Å²) in [7, 11) is 0. The molecule has 0 fully saturated rings. The van der Waals surface area contributed by atoms with Crippen molar-refractivity contribution in [2.24, 2.45) is 5.10 Å². The molecular formula is C16H17N3OS. The highest BCUT2D eigenvalue weighted by atomic mass is 32.1. The molecule has 2 aromatic rings. The molecule has 0 aliphatic carbocycles. The van der Waals surface area contributed by atoms with E-state index in [1.54, 1.807) is 18.2 Å². The number of hydrogen-bond donors (Lipinski definition) is 3. The van der Waals surface area contributed by atoms with E-state index < -0.39 is 0 Å². The standard InChI is InChI=1S/C16H17N3OS/c1-11-6-5-8-14(12(11)2)18-16(21)19-17-10-13-7-3-4-9-15(13)20/h3-10,20H,1-2H3,(H2,18,19,21)/b17-10+. The molecule has 2 aromatic carbocycles. The maximum absolute atomic E-state index is 9.61. The van der Waals surface area contributed by atoms with Gasteiger partial charge in [-0.05, 0) is 55.4 Å². The summed E-state index contributed by atoms with van der Waals surface area (Å²) in [5.41, 5.74) is 6.65. The second-order valence-corrected chi connectivity index (χ2v) is 5.04. The van der Waals surface area contributed by atoms with Crippen LogP contribution >= 0.6 is 12.2 Å². The smallest absolute Gasteiger partial charge is 0.191 e. The molecule has 0 saturated heterocycles. The van der Waals surface area contributed by atoms with Crippen LogP contribution in [0.15, 0.2) is 47.6 Å². The molecule has 21 heavy (non-hydrogen) atoms. The second-order valence-electron chi connectivity index (χ2n) is 4.63. The summed E-state index contributed by atoms with van der Waals surface area (Å²) in [5, 5.41) is 17.1. The predicted octanol–water partition coefficient (Wildman–Crippen LogP) is 3.33. The maximum Gasteiger partial charge on any atom is 0.191 e. The van der Waals surface area contributed by atoms with Crippen LogP contribution in [0.5, 0.6) is 5.75 Å². The molecule has 0 amide bonds. The van der Waals surface area contributed by atoms with Gasteiger partial charge in [-0.15, -0.1) is 0 Å². The summed E-state index contributed by atoms with van der Waals surface area (Å²) < 4.78 is 0. The number of aromatic hydroxyl groups is 1. The number of phenolic OH excluding ortho intramolecular Hbond substituents is 1. The van der Waals surface area contributed by atoms with Gasteiger partial charge in [0.05, 0.1) is 6.21 Å². The van der Waals surface area contributed by atoms with E-state index in [1.165, 1.54) is 11.8 Å². The maximum atomic E-state index is 9.61. The molecule has 0 unspecified atom stereocenters. The molecule has 0 aliphatic rings. The lowest BCUT2D eigenvalue weighted by Crippen LogP contribution is -2.24. The molecule has 0 spiro atoms. The van der Waals surface area contributed by atoms with Crippen molar-refractivity contribution in [3.8, 4) is 5.75 Å². The van der Waals surface area contributed by atoms with Gasteiger partial charge < -0.3 is 10.4 Å². The van der Waals surface area contributed by atoms with Crippen LogP contribution in [0, 0.1) is 13.8 Å². The third kappa shape index (κ3) is 4.03. The number of benzene rings is 2. The molecule has 0 saturated carbocycles. The molecule has 3 N–H and O–H groups in total. The van der Waals surface area contributed by atoms with Crippen molar-refractivity contribution in [2.75, 3.05) is 5.32 Å². The summed E-state index contributed by atoms with van der Waals surface area (Å²) in [6.45, 7) is 4.08. The van der Waals surface area contributed by atoms with Crippen LogP contribution in [0.25, 0.3) is 0 Å². The molecule has 0 radical (unpaired) electrons. The molecule has 0 aliphatic heterocycles. The van der Waals surface area contributed by atoms with E-state index in [2.05, 4.69) is 15.8 Å². The summed E-state index contributed by atoms with van der Waals surface area (Å²) in [4.78, 5) is 0. The van der Waals surface area contributed by atoms with Gasteiger partial charge >= 0.3 is 0 Å². The van der Waals surface area contributed by atoms with Crippen LogP contribution in [-0.2, 0) is 0 Å². The Balaban J connectivity index is 1.97. The largest absolute Gasteiger partial charge is 0.507 e. The van der Waals surface area contributed by atoms with Gasteiger partial charge in [0.15, 0.2) is 5.11 Å². The fourth-order valence-corrected chi connectivity index (χ4v) is 1.96. The van der Waals surface area contributed by atoms with Crippen molar-refractivity contribution in [1.29, 1.82) is 0 Å². The van der Waals surface area contributed by atoms with Gasteiger partial charge in [-0.2, -0.15) is 5.10 Å². The topological polar surface area (TPSA) is 56.7 Å². The first-order valence-electron chi connectivity index (χ1n) is 6.52. The van der Waals surface area contributed by atoms with E-state index >= 15 is 0 Å². The monoisotopic (exact) mass is 299 g/mol. The average Bonchev–Trinajstić information content (AvgIpc) is 2.46. The highest BCUT2D eigenvalue weighted by Crippen LogP contribution is 2.17. The fourth-order valence-electron chi connectivity index (χ4n) is 1.79. The number of aryl methyl sites for hydroxylation is 1. The van der Waals surface area contributed by atoms with Crippen molar-refractivity contribution < 1.29 is 5.11 Å². The fraction of sp³-hybridized carbons (Fsp3) is 0.125. The van der Waals surface area contributed by atoms with Crippen LogP contribution in [0.1, 0.15) is 16.7 Å². The number of phenols is 1. The Kier molecular flexibility index (Phi) is 4.90. The molecule has 0 atom stereocenters. The van der Waals surface area contributed by atoms with Gasteiger partial charge in [-0.1, -0.05) is 24.3 Å². The number of hydrogen-bond acceptors (Lipinski definition) is 3. The van der Waals surface area contributed by atoms with Gasteiger partial charge in [0, 0.05) is 11.3 Å². The molecule has 2 rings (SSSR count). The molecule has 5 heteroatoms. The van der Waals surface area contributed by atoms with Gasteiger partial charge in [0.1, 0.15) is 5.75 Å². The first-order valence-corrected chi connectivity index (χ1v) is 6.93. The van der Waals surface area contributed by atoms with E-state index in [-0.39, 0.29) is 5.75 Å². The summed E-state index contributed by atoms with van der Waals surface area (Å²) in [6, 6.07) is 12.9. The first kappa shape index (κ1) is 15.0. The molecule has 4 nitrogen and oxygen atoms in total. The lowest BCUT2D eigenvalue weighted by Gasteiger charge is -2.11. The highest BCUT2D eigenvalue weighted by molar-refractivity contribution is 7.80. The lowest BCUT2D eigenvalue weighted by molar-refractivity contribution is 0.474. The van der Waals surface area contributed by atoms with E-state index in [4.69, 9.17) is 12.2 Å². The van der Waals surface area contributed by atoms with Crippen LogP contribution in [0.4, 0.5) is 5.69 Å². The van der Waals surface area contributed by atoms with Crippen molar-refractivity contribution in [1.82, 2.24) is 5.43 Å². The Morgan fingerprint density at radius 3 is 2.67 bits per heavy atom. The molecule has 0 aromatic heterocycles. The summed E-state index contributed by atoms with van der Waals surface area (Å²) >= 11 is 5.19. The normalized spacial score (nSPS) is 10.6. The van der Waals surface area contributed by atoms with Crippen LogP contribution in [0.2, 0.25) is 0 Å². The predicted molar refractivity (Wildman–Crippen MR) is 91.0 cm³/mol. The number of anilines is 1. The quantitative estimate of drug-likeness (QED) is 0.462. The van der Waals surface area contributed by atoms with E-state index in [0.29, 0.717) is 10.7 Å². The first-order chi connectivity index (χ1) is 10.1. The number of nitrogens with zero attached hydrogens (tertiary/aromatic N) is 1. The highest BCUT2D eigenvalue weighted by Gasteiger charge is 2.02. The van der Waals surface area contributed by atoms with Gasteiger partial charge in [-0.3, -0.25) is 5.43 Å². The minimum Gasteiger partial charge on any atom is -0.507 e. The minimum atomic E-state index is 0.177. The Morgan fingerprint density at radius 2 is 1.90 bits per heavy atom. The van der Waals surface area contributed by atoms with Crippen molar-refractivity contribution in [2.45, 2.75) is 13.8 Å². The van der Waals surface area contributed by atoms with Gasteiger partial charge in [-0.25, -0.2) is 0 Å². The molecule has 0 bridgehead atoms. The zero-order chi connectivity index (χ0) is 15.2. The summed E-state index contributed by atoms with van der Waals surface area (Å²) in [5.74, 6) is 0.177. The second kappa shape index (κ2) is 6.85. The van der Waals surface area contributed by atoms with Crippen LogP contribution in [0.3, 0.4) is 0 Å². The van der Waals surface area contributed by atoms with Crippen molar-refractivity contribution in [3.63, 3.8) is 0 Å². The lowest BCUT2D eigenvalue weighted by atomic mass is 10.1. The number of nitrogens with one attached hydrogen (secondary N) is 2. The number of para-hydroxylation sites is 1. The minimum absolute atomic E-state index is 0.177. The number of rotatable bonds is 3. The number of thiocarbonyl (C=S) groups is 1. The van der Waals surface area contributed by atoms with E-state index in [9.17, 15) is 5.11 Å². The average molecular weight is 299 g/mol. The third-order valence-electron chi connectivity index (χ3n) is 3.16. The van der Waals surface area contributed by atoms with Crippen molar-refractivity contribution >= 4 is 29.2 Å². The van der Waals surface area contributed by atoms with E-state index in [0.717, 1.165) is 11.3 Å². The Labute approximate surface area is 129 Å². The van der Waals surface area contributed by atoms with Gasteiger partial charge in [0.2, 0.25) is 0 Å². The number of hydrazone groups is 1.